The average Bonchev–Trinajstić information content (AvgIpc) is 2.80. The van der Waals surface area contributed by atoms with Crippen LogP contribution in [0.2, 0.25) is 0 Å². The summed E-state index contributed by atoms with van der Waals surface area (Å²) in [5, 5.41) is 8.23. The zero-order valence-corrected chi connectivity index (χ0v) is 12.9. The largest absolute Gasteiger partial charge is 0.308 e. The monoisotopic (exact) mass is 288 g/mol. The first kappa shape index (κ1) is 13.6. The van der Waals surface area contributed by atoms with Crippen LogP contribution in [0.3, 0.4) is 0 Å². The Labute approximate surface area is 124 Å². The zero-order chi connectivity index (χ0) is 14.2. The van der Waals surface area contributed by atoms with Crippen LogP contribution in [-0.2, 0) is 13.6 Å². The van der Waals surface area contributed by atoms with Crippen molar-refractivity contribution in [3.8, 4) is 11.3 Å². The normalized spacial score (nSPS) is 20.6. The van der Waals surface area contributed by atoms with E-state index < -0.39 is 0 Å². The molecule has 5 heteroatoms. The van der Waals surface area contributed by atoms with E-state index >= 15 is 0 Å². The fourth-order valence-electron chi connectivity index (χ4n) is 2.45. The van der Waals surface area contributed by atoms with Crippen LogP contribution in [0.4, 0.5) is 0 Å². The van der Waals surface area contributed by atoms with Gasteiger partial charge in [-0.25, -0.2) is 0 Å². The van der Waals surface area contributed by atoms with E-state index in [1.807, 2.05) is 35.8 Å². The number of hydrogen-bond acceptors (Lipinski definition) is 4. The van der Waals surface area contributed by atoms with Crippen LogP contribution in [0.15, 0.2) is 30.7 Å². The molecular weight excluding hydrogens is 268 g/mol. The van der Waals surface area contributed by atoms with Crippen molar-refractivity contribution < 1.29 is 0 Å². The van der Waals surface area contributed by atoms with Gasteiger partial charge in [-0.3, -0.25) is 9.67 Å². The van der Waals surface area contributed by atoms with Gasteiger partial charge >= 0.3 is 0 Å². The van der Waals surface area contributed by atoms with E-state index in [9.17, 15) is 0 Å². The summed E-state index contributed by atoms with van der Waals surface area (Å²) in [5.74, 6) is 1.19. The summed E-state index contributed by atoms with van der Waals surface area (Å²) in [4.78, 5) is 4.18. The molecule has 0 aromatic carbocycles. The van der Waals surface area contributed by atoms with E-state index in [4.69, 9.17) is 0 Å². The number of aryl methyl sites for hydroxylation is 1. The maximum Gasteiger partial charge on any atom is 0.0983 e. The first-order valence-electron chi connectivity index (χ1n) is 6.86. The Hall–Kier alpha value is -1.33. The molecule has 4 nitrogen and oxygen atoms in total. The summed E-state index contributed by atoms with van der Waals surface area (Å²) in [7, 11) is 1.96. The Kier molecular flexibility index (Phi) is 3.56. The van der Waals surface area contributed by atoms with E-state index in [-0.39, 0.29) is 0 Å². The molecule has 3 heterocycles. The minimum atomic E-state index is 0.344. The van der Waals surface area contributed by atoms with Gasteiger partial charge in [0.2, 0.25) is 0 Å². The molecule has 1 aliphatic rings. The topological polar surface area (TPSA) is 42.7 Å². The molecule has 1 saturated heterocycles. The van der Waals surface area contributed by atoms with Crippen LogP contribution < -0.4 is 5.32 Å². The SMILES string of the molecule is Cn1cc(CNC2CSC2(C)C)c(-c2cccnc2)n1. The molecule has 20 heavy (non-hydrogen) atoms. The summed E-state index contributed by atoms with van der Waals surface area (Å²) < 4.78 is 2.22. The number of nitrogens with zero attached hydrogens (tertiary/aromatic N) is 3. The lowest BCUT2D eigenvalue weighted by Gasteiger charge is -2.44. The molecule has 1 N–H and O–H groups in total. The maximum absolute atomic E-state index is 4.57. The van der Waals surface area contributed by atoms with Gasteiger partial charge in [0.25, 0.3) is 0 Å². The van der Waals surface area contributed by atoms with Crippen molar-refractivity contribution >= 4 is 11.8 Å². The quantitative estimate of drug-likeness (QED) is 0.938. The molecule has 0 aliphatic carbocycles. The highest BCUT2D eigenvalue weighted by Crippen LogP contribution is 2.40. The minimum Gasteiger partial charge on any atom is -0.308 e. The highest BCUT2D eigenvalue weighted by molar-refractivity contribution is 8.02. The maximum atomic E-state index is 4.57. The van der Waals surface area contributed by atoms with Crippen LogP contribution in [0.25, 0.3) is 11.3 Å². The molecule has 1 aliphatic heterocycles. The number of aromatic nitrogens is 3. The summed E-state index contributed by atoms with van der Waals surface area (Å²) in [6.45, 7) is 5.45. The first-order chi connectivity index (χ1) is 9.56. The van der Waals surface area contributed by atoms with Gasteiger partial charge < -0.3 is 5.32 Å². The van der Waals surface area contributed by atoms with Gasteiger partial charge in [0.05, 0.1) is 5.69 Å². The minimum absolute atomic E-state index is 0.344. The molecule has 1 fully saturated rings. The zero-order valence-electron chi connectivity index (χ0n) is 12.1. The van der Waals surface area contributed by atoms with Crippen LogP contribution in [0.5, 0.6) is 0 Å². The van der Waals surface area contributed by atoms with Crippen molar-refractivity contribution in [1.82, 2.24) is 20.1 Å². The van der Waals surface area contributed by atoms with Crippen molar-refractivity contribution in [1.29, 1.82) is 0 Å². The summed E-state index contributed by atoms with van der Waals surface area (Å²) in [5.41, 5.74) is 3.33. The van der Waals surface area contributed by atoms with Gasteiger partial charge in [0.15, 0.2) is 0 Å². The van der Waals surface area contributed by atoms with Gasteiger partial charge in [-0.1, -0.05) is 0 Å². The Morgan fingerprint density at radius 3 is 2.95 bits per heavy atom. The number of nitrogens with one attached hydrogen (secondary N) is 1. The lowest BCUT2D eigenvalue weighted by Crippen LogP contribution is -2.54. The molecule has 1 unspecified atom stereocenters. The van der Waals surface area contributed by atoms with Crippen LogP contribution in [0.1, 0.15) is 19.4 Å². The van der Waals surface area contributed by atoms with Gasteiger partial charge in [0, 0.05) is 59.9 Å². The lowest BCUT2D eigenvalue weighted by molar-refractivity contribution is 0.436. The summed E-state index contributed by atoms with van der Waals surface area (Å²) in [6, 6.07) is 4.59. The van der Waals surface area contributed by atoms with Crippen molar-refractivity contribution in [2.45, 2.75) is 31.2 Å². The second-order valence-corrected chi connectivity index (χ2v) is 7.44. The smallest absolute Gasteiger partial charge is 0.0983 e. The number of pyridine rings is 1. The standard InChI is InChI=1S/C15H20N4S/c1-15(2)13(10-20-15)17-8-12-9-19(3)18-14(12)11-5-4-6-16-7-11/h4-7,9,13,17H,8,10H2,1-3H3. The van der Waals surface area contributed by atoms with E-state index in [0.29, 0.717) is 10.8 Å². The molecular formula is C15H20N4S. The van der Waals surface area contributed by atoms with Crippen LogP contribution >= 0.6 is 11.8 Å². The molecule has 2 aromatic rings. The van der Waals surface area contributed by atoms with Gasteiger partial charge in [-0.2, -0.15) is 16.9 Å². The van der Waals surface area contributed by atoms with E-state index in [2.05, 4.69) is 41.5 Å². The molecule has 0 radical (unpaired) electrons. The van der Waals surface area contributed by atoms with E-state index in [0.717, 1.165) is 17.8 Å². The molecule has 1 atom stereocenters. The van der Waals surface area contributed by atoms with Crippen LogP contribution in [-0.4, -0.2) is 31.3 Å². The lowest BCUT2D eigenvalue weighted by atomic mass is 10.0. The van der Waals surface area contributed by atoms with Crippen molar-refractivity contribution in [3.05, 3.63) is 36.3 Å². The summed E-state index contributed by atoms with van der Waals surface area (Å²) in [6.07, 6.45) is 5.75. The predicted molar refractivity (Wildman–Crippen MR) is 83.6 cm³/mol. The van der Waals surface area contributed by atoms with Crippen molar-refractivity contribution in [2.75, 3.05) is 5.75 Å². The second kappa shape index (κ2) is 5.22. The fourth-order valence-corrected chi connectivity index (χ4v) is 3.65. The highest BCUT2D eigenvalue weighted by atomic mass is 32.2. The average molecular weight is 288 g/mol. The number of rotatable bonds is 4. The number of hydrogen-bond donors (Lipinski definition) is 1. The molecule has 106 valence electrons. The Balaban J connectivity index is 1.77. The van der Waals surface area contributed by atoms with Crippen molar-refractivity contribution in [2.24, 2.45) is 7.05 Å². The van der Waals surface area contributed by atoms with Gasteiger partial charge in [-0.05, 0) is 26.0 Å². The predicted octanol–water partition coefficient (Wildman–Crippen LogP) is 2.47. The molecule has 0 saturated carbocycles. The third kappa shape index (κ3) is 2.60. The first-order valence-corrected chi connectivity index (χ1v) is 7.85. The van der Waals surface area contributed by atoms with Crippen LogP contribution in [0, 0.1) is 0 Å². The molecule has 0 spiro atoms. The third-order valence-corrected chi connectivity index (χ3v) is 5.37. The van der Waals surface area contributed by atoms with Crippen molar-refractivity contribution in [3.63, 3.8) is 0 Å². The van der Waals surface area contributed by atoms with E-state index in [1.54, 1.807) is 6.20 Å². The van der Waals surface area contributed by atoms with Gasteiger partial charge in [-0.15, -0.1) is 0 Å². The fraction of sp³-hybridized carbons (Fsp3) is 0.467. The third-order valence-electron chi connectivity index (χ3n) is 3.84. The molecule has 0 amide bonds. The summed E-state index contributed by atoms with van der Waals surface area (Å²) >= 11 is 2.02. The number of thioether (sulfide) groups is 1. The Morgan fingerprint density at radius 2 is 2.35 bits per heavy atom. The highest BCUT2D eigenvalue weighted by Gasteiger charge is 2.38. The van der Waals surface area contributed by atoms with Gasteiger partial charge in [0.1, 0.15) is 0 Å². The Bertz CT molecular complexity index is 591. The second-order valence-electron chi connectivity index (χ2n) is 5.77. The molecule has 2 aromatic heterocycles. The molecule has 3 rings (SSSR count). The molecule has 0 bridgehead atoms. The van der Waals surface area contributed by atoms with E-state index in [1.165, 1.54) is 11.3 Å². The Morgan fingerprint density at radius 1 is 1.50 bits per heavy atom.